The molecule has 6 heteroatoms. The molecule has 0 rings (SSSR count). The van der Waals surface area contributed by atoms with E-state index >= 15 is 0 Å². The second kappa shape index (κ2) is 65.1. The number of ether oxygens (including phenoxy) is 1. The molecule has 446 valence electrons. The van der Waals surface area contributed by atoms with Crippen molar-refractivity contribution in [1.29, 1.82) is 0 Å². The molecule has 0 aliphatic heterocycles. The smallest absolute Gasteiger partial charge is 0.305 e. The highest BCUT2D eigenvalue weighted by atomic mass is 16.5. The monoisotopic (exact) mass is 1060 g/mol. The fourth-order valence-electron chi connectivity index (χ4n) is 11.1. The van der Waals surface area contributed by atoms with E-state index in [1.165, 1.54) is 327 Å². The van der Waals surface area contributed by atoms with E-state index in [-0.39, 0.29) is 18.5 Å². The van der Waals surface area contributed by atoms with Crippen LogP contribution in [0.5, 0.6) is 0 Å². The van der Waals surface area contributed by atoms with Gasteiger partial charge in [-0.1, -0.05) is 360 Å². The van der Waals surface area contributed by atoms with Crippen LogP contribution in [0.25, 0.3) is 0 Å². The maximum atomic E-state index is 12.4. The molecule has 3 N–H and O–H groups in total. The van der Waals surface area contributed by atoms with Crippen LogP contribution in [-0.4, -0.2) is 47.4 Å². The quantitative estimate of drug-likeness (QED) is 0.0320. The first-order chi connectivity index (χ1) is 37.0. The standard InChI is InChI=1S/C69H135NO5/c1-3-5-7-9-11-13-14-15-16-33-37-40-43-47-51-55-59-63-69(74)75-64-60-56-52-48-44-41-38-35-32-30-28-26-24-22-20-18-17-19-21-23-25-27-29-31-34-36-39-42-46-50-54-58-62-68(73)70-66(65-71)67(72)61-57-53-49-45-12-10-8-6-4-2/h57,61,66-67,71-72H,3-56,58-60,62-65H2,1-2H3,(H,70,73)/b61-57+. The minimum atomic E-state index is -0.838. The molecule has 2 unspecified atom stereocenters. The Kier molecular flexibility index (Phi) is 63.9. The molecule has 0 aliphatic carbocycles. The van der Waals surface area contributed by atoms with Crippen molar-refractivity contribution in [2.24, 2.45) is 0 Å². The van der Waals surface area contributed by atoms with Gasteiger partial charge in [0.2, 0.25) is 5.91 Å². The minimum absolute atomic E-state index is 0.0256. The maximum Gasteiger partial charge on any atom is 0.305 e. The summed E-state index contributed by atoms with van der Waals surface area (Å²) in [4.78, 5) is 24.5. The van der Waals surface area contributed by atoms with Gasteiger partial charge in [-0.3, -0.25) is 9.59 Å². The Morgan fingerprint density at radius 2 is 0.613 bits per heavy atom. The zero-order chi connectivity index (χ0) is 54.3. The molecule has 0 radical (unpaired) electrons. The van der Waals surface area contributed by atoms with Gasteiger partial charge in [0.25, 0.3) is 0 Å². The van der Waals surface area contributed by atoms with Crippen LogP contribution in [0, 0.1) is 0 Å². The van der Waals surface area contributed by atoms with E-state index in [1.807, 2.05) is 6.08 Å². The lowest BCUT2D eigenvalue weighted by Crippen LogP contribution is -2.45. The molecule has 0 fully saturated rings. The van der Waals surface area contributed by atoms with Crippen LogP contribution in [0.3, 0.4) is 0 Å². The molecular formula is C69H135NO5. The zero-order valence-electron chi connectivity index (χ0n) is 51.1. The second-order valence-corrected chi connectivity index (χ2v) is 23.9. The molecule has 0 aromatic rings. The summed E-state index contributed by atoms with van der Waals surface area (Å²) in [5.41, 5.74) is 0. The van der Waals surface area contributed by atoms with Gasteiger partial charge < -0.3 is 20.3 Å². The van der Waals surface area contributed by atoms with Gasteiger partial charge in [-0.2, -0.15) is 0 Å². The first-order valence-corrected chi connectivity index (χ1v) is 34.5. The van der Waals surface area contributed by atoms with Crippen molar-refractivity contribution in [3.8, 4) is 0 Å². The highest BCUT2D eigenvalue weighted by Crippen LogP contribution is 2.19. The molecule has 1 amide bonds. The van der Waals surface area contributed by atoms with Crippen molar-refractivity contribution in [1.82, 2.24) is 5.32 Å². The average molecular weight is 1060 g/mol. The molecule has 0 aromatic heterocycles. The first-order valence-electron chi connectivity index (χ1n) is 34.5. The van der Waals surface area contributed by atoms with Gasteiger partial charge in [-0.25, -0.2) is 0 Å². The van der Waals surface area contributed by atoms with Crippen LogP contribution < -0.4 is 5.32 Å². The number of hydrogen-bond donors (Lipinski definition) is 3. The minimum Gasteiger partial charge on any atom is -0.466 e. The molecule has 0 saturated carbocycles. The van der Waals surface area contributed by atoms with E-state index in [9.17, 15) is 19.8 Å². The molecule has 0 saturated heterocycles. The summed E-state index contributed by atoms with van der Waals surface area (Å²) in [5, 5.41) is 23.0. The van der Waals surface area contributed by atoms with Crippen LogP contribution in [0.15, 0.2) is 12.2 Å². The summed E-state index contributed by atoms with van der Waals surface area (Å²) in [6, 6.07) is -0.621. The third-order valence-corrected chi connectivity index (χ3v) is 16.3. The lowest BCUT2D eigenvalue weighted by molar-refractivity contribution is -0.143. The van der Waals surface area contributed by atoms with Gasteiger partial charge in [0.1, 0.15) is 0 Å². The summed E-state index contributed by atoms with van der Waals surface area (Å²) in [5.74, 6) is -0.0388. The molecule has 75 heavy (non-hydrogen) atoms. The number of nitrogens with one attached hydrogen (secondary N) is 1. The van der Waals surface area contributed by atoms with Crippen LogP contribution in [-0.2, 0) is 14.3 Å². The SMILES string of the molecule is CCCCCCCCC/C=C/C(O)C(CO)NC(=O)CCCCCCCCCCCCCCCCCCCCCCCCCCCCCCCCCCOC(=O)CCCCCCCCCCCCCCCCCCC. The summed E-state index contributed by atoms with van der Waals surface area (Å²) in [6.07, 6.45) is 80.3. The number of unbranched alkanes of at least 4 members (excludes halogenated alkanes) is 54. The Morgan fingerprint density at radius 3 is 0.907 bits per heavy atom. The van der Waals surface area contributed by atoms with Crippen molar-refractivity contribution in [3.05, 3.63) is 12.2 Å². The first kappa shape index (κ1) is 73.6. The third kappa shape index (κ3) is 61.7. The molecule has 0 aromatic carbocycles. The van der Waals surface area contributed by atoms with Gasteiger partial charge in [0.15, 0.2) is 0 Å². The van der Waals surface area contributed by atoms with E-state index in [1.54, 1.807) is 6.08 Å². The number of aliphatic hydroxyl groups is 2. The molecule has 0 aliphatic rings. The molecule has 0 spiro atoms. The number of carbonyl (C=O) groups excluding carboxylic acids is 2. The number of aliphatic hydroxyl groups excluding tert-OH is 2. The average Bonchev–Trinajstić information content (AvgIpc) is 3.41. The zero-order valence-corrected chi connectivity index (χ0v) is 51.1. The molecule has 2 atom stereocenters. The van der Waals surface area contributed by atoms with Gasteiger partial charge in [-0.15, -0.1) is 0 Å². The fraction of sp³-hybridized carbons (Fsp3) is 0.942. The van der Waals surface area contributed by atoms with E-state index in [0.29, 0.717) is 19.4 Å². The highest BCUT2D eigenvalue weighted by molar-refractivity contribution is 5.76. The molecule has 6 nitrogen and oxygen atoms in total. The van der Waals surface area contributed by atoms with Crippen molar-refractivity contribution in [2.45, 2.75) is 405 Å². The summed E-state index contributed by atoms with van der Waals surface area (Å²) >= 11 is 0. The molecular weight excluding hydrogens is 923 g/mol. The Morgan fingerprint density at radius 1 is 0.360 bits per heavy atom. The third-order valence-electron chi connectivity index (χ3n) is 16.3. The number of rotatable bonds is 65. The number of hydrogen-bond acceptors (Lipinski definition) is 5. The Labute approximate surface area is 469 Å². The number of allylic oxidation sites excluding steroid dienone is 1. The van der Waals surface area contributed by atoms with E-state index in [0.717, 1.165) is 38.5 Å². The number of esters is 1. The van der Waals surface area contributed by atoms with E-state index < -0.39 is 12.1 Å². The lowest BCUT2D eigenvalue weighted by atomic mass is 10.0. The van der Waals surface area contributed by atoms with Crippen LogP contribution >= 0.6 is 0 Å². The molecule has 0 heterocycles. The van der Waals surface area contributed by atoms with Crippen LogP contribution in [0.1, 0.15) is 393 Å². The van der Waals surface area contributed by atoms with Gasteiger partial charge in [0.05, 0.1) is 25.4 Å². The predicted molar refractivity (Wildman–Crippen MR) is 329 cm³/mol. The van der Waals surface area contributed by atoms with Crippen LogP contribution in [0.2, 0.25) is 0 Å². The summed E-state index contributed by atoms with van der Waals surface area (Å²) < 4.78 is 5.51. The van der Waals surface area contributed by atoms with Crippen molar-refractivity contribution in [3.63, 3.8) is 0 Å². The Hall–Kier alpha value is -1.40. The van der Waals surface area contributed by atoms with Crippen molar-refractivity contribution >= 4 is 11.9 Å². The van der Waals surface area contributed by atoms with Crippen LogP contribution in [0.4, 0.5) is 0 Å². The van der Waals surface area contributed by atoms with Crippen molar-refractivity contribution in [2.75, 3.05) is 13.2 Å². The van der Waals surface area contributed by atoms with Gasteiger partial charge >= 0.3 is 5.97 Å². The topological polar surface area (TPSA) is 95.9 Å². The van der Waals surface area contributed by atoms with E-state index in [4.69, 9.17) is 4.74 Å². The largest absolute Gasteiger partial charge is 0.466 e. The van der Waals surface area contributed by atoms with Crippen molar-refractivity contribution < 1.29 is 24.5 Å². The Balaban J connectivity index is 3.28. The van der Waals surface area contributed by atoms with E-state index in [2.05, 4.69) is 19.2 Å². The highest BCUT2D eigenvalue weighted by Gasteiger charge is 2.18. The summed E-state index contributed by atoms with van der Waals surface area (Å²) in [7, 11) is 0. The lowest BCUT2D eigenvalue weighted by Gasteiger charge is -2.20. The number of amides is 1. The Bertz CT molecular complexity index is 1130. The fourth-order valence-corrected chi connectivity index (χ4v) is 11.1. The predicted octanol–water partition coefficient (Wildman–Crippen LogP) is 22.0. The van der Waals surface area contributed by atoms with Gasteiger partial charge in [-0.05, 0) is 32.1 Å². The normalized spacial score (nSPS) is 12.5. The maximum absolute atomic E-state index is 12.4. The second-order valence-electron chi connectivity index (χ2n) is 23.9. The van der Waals surface area contributed by atoms with Gasteiger partial charge in [0, 0.05) is 12.8 Å². The number of carbonyl (C=O) groups is 2. The molecule has 0 bridgehead atoms. The summed E-state index contributed by atoms with van der Waals surface area (Å²) in [6.45, 7) is 4.91.